The van der Waals surface area contributed by atoms with Gasteiger partial charge in [0, 0.05) is 22.9 Å². The first kappa shape index (κ1) is 17.2. The summed E-state index contributed by atoms with van der Waals surface area (Å²) in [4.78, 5) is 14.7. The molecule has 1 unspecified atom stereocenters. The first-order valence-electron chi connectivity index (χ1n) is 7.26. The number of hydrogen-bond acceptors (Lipinski definition) is 3. The van der Waals surface area contributed by atoms with Gasteiger partial charge in [-0.3, -0.25) is 9.89 Å². The molecule has 22 heavy (non-hydrogen) atoms. The number of benzene rings is 1. The van der Waals surface area contributed by atoms with E-state index in [1.54, 1.807) is 0 Å². The molecule has 7 heteroatoms. The molecule has 1 aromatic heterocycles. The normalized spacial score (nSPS) is 18.3. The van der Waals surface area contributed by atoms with Crippen LogP contribution in [0, 0.1) is 5.92 Å². The smallest absolute Gasteiger partial charge is 0.275 e. The molecule has 3 rings (SSSR count). The molecular formula is C15H20BrClN4O. The second-order valence-electron chi connectivity index (χ2n) is 5.58. The van der Waals surface area contributed by atoms with Gasteiger partial charge >= 0.3 is 0 Å². The van der Waals surface area contributed by atoms with Crippen LogP contribution in [0.3, 0.4) is 0 Å². The second-order valence-corrected chi connectivity index (χ2v) is 6.49. The maximum atomic E-state index is 12.7. The number of hydrogen-bond donors (Lipinski definition) is 2. The molecule has 1 aliphatic rings. The highest BCUT2D eigenvalue weighted by Crippen LogP contribution is 2.24. The van der Waals surface area contributed by atoms with Crippen molar-refractivity contribution in [2.45, 2.75) is 12.8 Å². The van der Waals surface area contributed by atoms with Crippen molar-refractivity contribution in [1.82, 2.24) is 20.4 Å². The predicted molar refractivity (Wildman–Crippen MR) is 93.6 cm³/mol. The van der Waals surface area contributed by atoms with Crippen LogP contribution < -0.4 is 5.32 Å². The van der Waals surface area contributed by atoms with Gasteiger partial charge in [-0.05, 0) is 50.6 Å². The first-order valence-corrected chi connectivity index (χ1v) is 8.06. The van der Waals surface area contributed by atoms with E-state index in [0.29, 0.717) is 11.6 Å². The molecule has 120 valence electrons. The van der Waals surface area contributed by atoms with Gasteiger partial charge in [0.05, 0.1) is 5.52 Å². The second kappa shape index (κ2) is 7.44. The number of rotatable bonds is 3. The minimum atomic E-state index is 0. The number of fused-ring (bicyclic) bond motifs is 1. The third-order valence-electron chi connectivity index (χ3n) is 4.03. The maximum absolute atomic E-state index is 12.7. The molecule has 1 fully saturated rings. The molecular weight excluding hydrogens is 368 g/mol. The number of amides is 1. The highest BCUT2D eigenvalue weighted by Gasteiger charge is 2.26. The lowest BCUT2D eigenvalue weighted by Crippen LogP contribution is -2.42. The van der Waals surface area contributed by atoms with E-state index in [4.69, 9.17) is 0 Å². The Morgan fingerprint density at radius 2 is 2.36 bits per heavy atom. The van der Waals surface area contributed by atoms with Crippen LogP contribution in [0.4, 0.5) is 0 Å². The van der Waals surface area contributed by atoms with Crippen molar-refractivity contribution < 1.29 is 4.79 Å². The number of H-pyrrole nitrogens is 1. The maximum Gasteiger partial charge on any atom is 0.275 e. The topological polar surface area (TPSA) is 61.0 Å². The highest BCUT2D eigenvalue weighted by atomic mass is 79.9. The largest absolute Gasteiger partial charge is 0.337 e. The molecule has 2 aromatic rings. The Labute approximate surface area is 144 Å². The van der Waals surface area contributed by atoms with Crippen molar-refractivity contribution in [3.63, 3.8) is 0 Å². The molecule has 1 amide bonds. The van der Waals surface area contributed by atoms with Crippen LogP contribution >= 0.6 is 28.3 Å². The third-order valence-corrected chi connectivity index (χ3v) is 4.52. The summed E-state index contributed by atoms with van der Waals surface area (Å²) in [5.74, 6) is 0.560. The van der Waals surface area contributed by atoms with Gasteiger partial charge in [-0.25, -0.2) is 0 Å². The predicted octanol–water partition coefficient (Wildman–Crippen LogP) is 2.82. The van der Waals surface area contributed by atoms with E-state index in [1.165, 1.54) is 6.42 Å². The lowest BCUT2D eigenvalue weighted by atomic mass is 9.97. The number of nitrogens with zero attached hydrogens (tertiary/aromatic N) is 2. The zero-order valence-corrected chi connectivity index (χ0v) is 14.8. The zero-order chi connectivity index (χ0) is 14.8. The van der Waals surface area contributed by atoms with Crippen molar-refractivity contribution in [3.05, 3.63) is 28.4 Å². The molecule has 2 heterocycles. The van der Waals surface area contributed by atoms with Crippen molar-refractivity contribution in [1.29, 1.82) is 0 Å². The molecule has 1 aromatic carbocycles. The zero-order valence-electron chi connectivity index (χ0n) is 12.4. The Balaban J connectivity index is 0.00000176. The SMILES string of the molecule is CNCC1CCCN(C(=O)c2n[nH]c3ccc(Br)cc23)C1.Cl. The summed E-state index contributed by atoms with van der Waals surface area (Å²) in [5, 5.41) is 11.3. The Morgan fingerprint density at radius 3 is 3.14 bits per heavy atom. The van der Waals surface area contributed by atoms with E-state index in [0.717, 1.165) is 41.4 Å². The van der Waals surface area contributed by atoms with Crippen molar-refractivity contribution in [2.24, 2.45) is 5.92 Å². The van der Waals surface area contributed by atoms with E-state index in [9.17, 15) is 4.79 Å². The lowest BCUT2D eigenvalue weighted by Gasteiger charge is -2.32. The van der Waals surface area contributed by atoms with E-state index >= 15 is 0 Å². The summed E-state index contributed by atoms with van der Waals surface area (Å²) in [6, 6.07) is 5.82. The fraction of sp³-hybridized carbons (Fsp3) is 0.467. The fourth-order valence-corrected chi connectivity index (χ4v) is 3.36. The Bertz CT molecular complexity index is 658. The summed E-state index contributed by atoms with van der Waals surface area (Å²) in [7, 11) is 1.96. The van der Waals surface area contributed by atoms with Crippen LogP contribution in [-0.2, 0) is 0 Å². The Kier molecular flexibility index (Phi) is 5.83. The third kappa shape index (κ3) is 3.45. The number of aromatic nitrogens is 2. The van der Waals surface area contributed by atoms with Crippen molar-refractivity contribution in [3.8, 4) is 0 Å². The van der Waals surface area contributed by atoms with Gasteiger partial charge in [-0.1, -0.05) is 15.9 Å². The van der Waals surface area contributed by atoms with Crippen molar-refractivity contribution >= 4 is 45.1 Å². The molecule has 0 spiro atoms. The quantitative estimate of drug-likeness (QED) is 0.851. The molecule has 1 saturated heterocycles. The fourth-order valence-electron chi connectivity index (χ4n) is 3.00. The minimum Gasteiger partial charge on any atom is -0.337 e. The molecule has 5 nitrogen and oxygen atoms in total. The first-order chi connectivity index (χ1) is 10.2. The van der Waals surface area contributed by atoms with Gasteiger partial charge in [0.25, 0.3) is 5.91 Å². The van der Waals surface area contributed by atoms with Crippen LogP contribution in [0.2, 0.25) is 0 Å². The highest BCUT2D eigenvalue weighted by molar-refractivity contribution is 9.10. The molecule has 1 atom stereocenters. The van der Waals surface area contributed by atoms with Gasteiger partial charge in [-0.2, -0.15) is 5.10 Å². The van der Waals surface area contributed by atoms with Gasteiger partial charge in [0.2, 0.25) is 0 Å². The number of carbonyl (C=O) groups excluding carboxylic acids is 1. The summed E-state index contributed by atoms with van der Waals surface area (Å²) >= 11 is 3.45. The van der Waals surface area contributed by atoms with Crippen LogP contribution in [0.15, 0.2) is 22.7 Å². The van der Waals surface area contributed by atoms with E-state index < -0.39 is 0 Å². The average molecular weight is 388 g/mol. The molecule has 0 aliphatic carbocycles. The van der Waals surface area contributed by atoms with E-state index in [2.05, 4.69) is 31.4 Å². The molecule has 0 saturated carbocycles. The number of piperidine rings is 1. The number of halogens is 2. The summed E-state index contributed by atoms with van der Waals surface area (Å²) in [6.45, 7) is 2.58. The number of likely N-dealkylation sites (tertiary alicyclic amines) is 1. The van der Waals surface area contributed by atoms with Gasteiger partial charge in [0.15, 0.2) is 5.69 Å². The monoisotopic (exact) mass is 386 g/mol. The van der Waals surface area contributed by atoms with Gasteiger partial charge in [0.1, 0.15) is 0 Å². The van der Waals surface area contributed by atoms with Crippen LogP contribution in [0.25, 0.3) is 10.9 Å². The molecule has 1 aliphatic heterocycles. The molecule has 0 bridgehead atoms. The number of carbonyl (C=O) groups is 1. The van der Waals surface area contributed by atoms with E-state index in [-0.39, 0.29) is 18.3 Å². The lowest BCUT2D eigenvalue weighted by molar-refractivity contribution is 0.0670. The summed E-state index contributed by atoms with van der Waals surface area (Å²) in [5.41, 5.74) is 1.42. The Hall–Kier alpha value is -1.11. The molecule has 0 radical (unpaired) electrons. The van der Waals surface area contributed by atoms with Crippen LogP contribution in [0.1, 0.15) is 23.3 Å². The average Bonchev–Trinajstić information content (AvgIpc) is 2.90. The number of aromatic amines is 1. The van der Waals surface area contributed by atoms with Crippen LogP contribution in [0.5, 0.6) is 0 Å². The van der Waals surface area contributed by atoms with Gasteiger partial charge < -0.3 is 10.2 Å². The van der Waals surface area contributed by atoms with E-state index in [1.807, 2.05) is 30.1 Å². The summed E-state index contributed by atoms with van der Waals surface area (Å²) in [6.07, 6.45) is 2.24. The Morgan fingerprint density at radius 1 is 1.55 bits per heavy atom. The minimum absolute atomic E-state index is 0. The molecule has 2 N–H and O–H groups in total. The van der Waals surface area contributed by atoms with Crippen molar-refractivity contribution in [2.75, 3.05) is 26.7 Å². The van der Waals surface area contributed by atoms with Gasteiger partial charge in [-0.15, -0.1) is 12.4 Å². The van der Waals surface area contributed by atoms with Crippen LogP contribution in [-0.4, -0.2) is 47.7 Å². The summed E-state index contributed by atoms with van der Waals surface area (Å²) < 4.78 is 0.956. The standard InChI is InChI=1S/C15H19BrN4O.ClH/c1-17-8-10-3-2-6-20(9-10)15(21)14-12-7-11(16)4-5-13(12)18-19-14;/h4-5,7,10,17H,2-3,6,8-9H2,1H3,(H,18,19);1H. The number of nitrogens with one attached hydrogen (secondary N) is 2.